The van der Waals surface area contributed by atoms with Gasteiger partial charge in [-0.2, -0.15) is 0 Å². The van der Waals surface area contributed by atoms with E-state index in [1.54, 1.807) is 0 Å². The highest BCUT2D eigenvalue weighted by Crippen LogP contribution is 2.16. The number of rotatable bonds is 10. The predicted octanol–water partition coefficient (Wildman–Crippen LogP) is 7.30. The fourth-order valence-corrected chi connectivity index (χ4v) is 2.70. The quantitative estimate of drug-likeness (QED) is 0.307. The minimum absolute atomic E-state index is 0.912. The minimum atomic E-state index is 0.912. The summed E-state index contributed by atoms with van der Waals surface area (Å²) in [7, 11) is 1.81. The molecule has 0 heterocycles. The Morgan fingerprint density at radius 3 is 2.48 bits per heavy atom. The molecule has 1 aromatic carbocycles. The number of hydrogen-bond donors (Lipinski definition) is 0. The molecule has 0 aliphatic carbocycles. The summed E-state index contributed by atoms with van der Waals surface area (Å²) in [4.78, 5) is 4.41. The first-order valence-corrected chi connectivity index (χ1v) is 9.52. The van der Waals surface area contributed by atoms with Gasteiger partial charge in [0.05, 0.1) is 5.71 Å². The number of hydrogen-bond acceptors (Lipinski definition) is 1. The van der Waals surface area contributed by atoms with Crippen LogP contribution in [-0.4, -0.2) is 12.8 Å². The molecule has 0 aliphatic rings. The van der Waals surface area contributed by atoms with Crippen LogP contribution in [0.2, 0.25) is 0 Å². The lowest BCUT2D eigenvalue weighted by molar-refractivity contribution is 0.968. The first-order chi connectivity index (χ1) is 12.9. The maximum absolute atomic E-state index is 4.41. The Balaban J connectivity index is 2.79. The molecule has 0 unspecified atom stereocenters. The second-order valence-corrected chi connectivity index (χ2v) is 6.60. The molecule has 0 N–H and O–H groups in total. The van der Waals surface area contributed by atoms with Gasteiger partial charge in [-0.1, -0.05) is 85.9 Å². The number of aryl methyl sites for hydroxylation is 1. The summed E-state index contributed by atoms with van der Waals surface area (Å²) >= 11 is 0. The van der Waals surface area contributed by atoms with Crippen molar-refractivity contribution in [2.24, 2.45) is 4.99 Å². The Bertz CT molecular complexity index is 797. The van der Waals surface area contributed by atoms with E-state index >= 15 is 0 Å². The SMILES string of the molecule is C=C/C(=C\C(=C/C)CC)C(/C=C\C(=C)CCc1cccc(C(=C)C)c1)=NC. The molecule has 0 amide bonds. The summed E-state index contributed by atoms with van der Waals surface area (Å²) < 4.78 is 0. The molecular weight excluding hydrogens is 326 g/mol. The molecule has 0 atom stereocenters. The summed E-state index contributed by atoms with van der Waals surface area (Å²) in [6.45, 7) is 18.4. The van der Waals surface area contributed by atoms with Crippen molar-refractivity contribution in [1.29, 1.82) is 0 Å². The first kappa shape index (κ1) is 22.4. The standard InChI is InChI=1S/C26H33N/c1-8-22(9-2)18-24(10-3)26(27-7)17-15-21(6)14-16-23-12-11-13-25(19-23)20(4)5/h8,10-13,15,17-19H,3-4,6,9,14,16H2,1-2,5,7H3/b17-15-,22-8-,24-18+,27-26?. The summed E-state index contributed by atoms with van der Waals surface area (Å²) in [6, 6.07) is 8.56. The highest BCUT2D eigenvalue weighted by molar-refractivity contribution is 6.10. The molecular formula is C26H33N. The van der Waals surface area contributed by atoms with Crippen LogP contribution in [0.5, 0.6) is 0 Å². The van der Waals surface area contributed by atoms with E-state index in [0.29, 0.717) is 0 Å². The molecule has 0 aromatic heterocycles. The maximum Gasteiger partial charge on any atom is 0.0643 e. The average molecular weight is 360 g/mol. The Labute approximate surface area is 165 Å². The average Bonchev–Trinajstić information content (AvgIpc) is 2.69. The van der Waals surface area contributed by atoms with Crippen molar-refractivity contribution in [2.45, 2.75) is 40.0 Å². The molecule has 0 saturated carbocycles. The van der Waals surface area contributed by atoms with Crippen molar-refractivity contribution in [3.8, 4) is 0 Å². The zero-order chi connectivity index (χ0) is 20.2. The van der Waals surface area contributed by atoms with Crippen molar-refractivity contribution in [3.05, 3.63) is 102 Å². The highest BCUT2D eigenvalue weighted by Gasteiger charge is 2.02. The molecule has 1 rings (SSSR count). The van der Waals surface area contributed by atoms with Crippen LogP contribution in [0, 0.1) is 0 Å². The van der Waals surface area contributed by atoms with E-state index in [1.807, 2.05) is 26.1 Å². The van der Waals surface area contributed by atoms with Gasteiger partial charge in [0.15, 0.2) is 0 Å². The van der Waals surface area contributed by atoms with E-state index in [0.717, 1.165) is 41.7 Å². The van der Waals surface area contributed by atoms with Crippen LogP contribution in [0.4, 0.5) is 0 Å². The topological polar surface area (TPSA) is 12.4 Å². The summed E-state index contributed by atoms with van der Waals surface area (Å²) in [6.07, 6.45) is 13.1. The predicted molar refractivity (Wildman–Crippen MR) is 123 cm³/mol. The lowest BCUT2D eigenvalue weighted by atomic mass is 10.00. The number of allylic oxidation sites excluding steroid dienone is 9. The highest BCUT2D eigenvalue weighted by atomic mass is 14.7. The van der Waals surface area contributed by atoms with Crippen molar-refractivity contribution in [1.82, 2.24) is 0 Å². The van der Waals surface area contributed by atoms with Crippen LogP contribution in [-0.2, 0) is 6.42 Å². The Hall–Kier alpha value is -2.67. The fraction of sp³-hybridized carbons (Fsp3) is 0.269. The Kier molecular flexibility index (Phi) is 9.82. The van der Waals surface area contributed by atoms with Gasteiger partial charge in [-0.25, -0.2) is 0 Å². The molecule has 142 valence electrons. The van der Waals surface area contributed by atoms with Gasteiger partial charge in [0.25, 0.3) is 0 Å². The van der Waals surface area contributed by atoms with Crippen molar-refractivity contribution in [3.63, 3.8) is 0 Å². The van der Waals surface area contributed by atoms with Crippen LogP contribution in [0.15, 0.2) is 96.1 Å². The van der Waals surface area contributed by atoms with Crippen LogP contribution in [0.3, 0.4) is 0 Å². The first-order valence-electron chi connectivity index (χ1n) is 9.52. The lowest BCUT2D eigenvalue weighted by Crippen LogP contribution is -1.98. The Morgan fingerprint density at radius 1 is 1.19 bits per heavy atom. The van der Waals surface area contributed by atoms with Crippen molar-refractivity contribution >= 4 is 11.3 Å². The largest absolute Gasteiger partial charge is 0.288 e. The maximum atomic E-state index is 4.41. The van der Waals surface area contributed by atoms with Crippen LogP contribution in [0.25, 0.3) is 5.57 Å². The van der Waals surface area contributed by atoms with E-state index in [4.69, 9.17) is 0 Å². The zero-order valence-electron chi connectivity index (χ0n) is 17.4. The monoisotopic (exact) mass is 359 g/mol. The van der Waals surface area contributed by atoms with Gasteiger partial charge in [0, 0.05) is 7.05 Å². The summed E-state index contributed by atoms with van der Waals surface area (Å²) in [5.41, 5.74) is 7.91. The molecule has 27 heavy (non-hydrogen) atoms. The molecule has 0 radical (unpaired) electrons. The number of aliphatic imine (C=N–C) groups is 1. The molecule has 1 aromatic rings. The van der Waals surface area contributed by atoms with E-state index in [9.17, 15) is 0 Å². The van der Waals surface area contributed by atoms with Crippen molar-refractivity contribution < 1.29 is 0 Å². The Morgan fingerprint density at radius 2 is 1.93 bits per heavy atom. The van der Waals surface area contributed by atoms with Gasteiger partial charge in [-0.3, -0.25) is 4.99 Å². The lowest BCUT2D eigenvalue weighted by Gasteiger charge is -2.06. The fourth-order valence-electron chi connectivity index (χ4n) is 2.70. The second kappa shape index (κ2) is 11.9. The summed E-state index contributed by atoms with van der Waals surface area (Å²) in [5, 5.41) is 0. The van der Waals surface area contributed by atoms with Crippen LogP contribution in [0.1, 0.15) is 44.7 Å². The molecule has 0 aliphatic heterocycles. The van der Waals surface area contributed by atoms with Gasteiger partial charge in [-0.15, -0.1) is 0 Å². The van der Waals surface area contributed by atoms with Gasteiger partial charge in [-0.05, 0) is 62.0 Å². The third-order valence-electron chi connectivity index (χ3n) is 4.51. The molecule has 0 bridgehead atoms. The number of benzene rings is 1. The van der Waals surface area contributed by atoms with Gasteiger partial charge in [0.1, 0.15) is 0 Å². The van der Waals surface area contributed by atoms with E-state index in [1.165, 1.54) is 16.7 Å². The van der Waals surface area contributed by atoms with Gasteiger partial charge in [0.2, 0.25) is 0 Å². The van der Waals surface area contributed by atoms with Crippen molar-refractivity contribution in [2.75, 3.05) is 7.05 Å². The van der Waals surface area contributed by atoms with E-state index in [2.05, 4.69) is 81.1 Å². The van der Waals surface area contributed by atoms with E-state index in [-0.39, 0.29) is 0 Å². The van der Waals surface area contributed by atoms with Crippen LogP contribution < -0.4 is 0 Å². The van der Waals surface area contributed by atoms with Gasteiger partial charge >= 0.3 is 0 Å². The number of nitrogens with zero attached hydrogens (tertiary/aromatic N) is 1. The molecule has 0 fully saturated rings. The second-order valence-electron chi connectivity index (χ2n) is 6.60. The smallest absolute Gasteiger partial charge is 0.0643 e. The molecule has 1 nitrogen and oxygen atoms in total. The summed E-state index contributed by atoms with van der Waals surface area (Å²) in [5.74, 6) is 0. The molecule has 0 saturated heterocycles. The molecule has 1 heteroatoms. The third-order valence-corrected chi connectivity index (χ3v) is 4.51. The molecule has 0 spiro atoms. The van der Waals surface area contributed by atoms with Gasteiger partial charge < -0.3 is 0 Å². The normalized spacial score (nSPS) is 13.1. The third kappa shape index (κ3) is 7.62. The van der Waals surface area contributed by atoms with E-state index < -0.39 is 0 Å². The minimum Gasteiger partial charge on any atom is -0.288 e. The van der Waals surface area contributed by atoms with Crippen LogP contribution >= 0.6 is 0 Å². The zero-order valence-corrected chi connectivity index (χ0v) is 17.4.